The van der Waals surface area contributed by atoms with Crippen molar-refractivity contribution in [2.45, 2.75) is 6.18 Å². The van der Waals surface area contributed by atoms with E-state index < -0.39 is 11.7 Å². The number of alkyl halides is 3. The van der Waals surface area contributed by atoms with Crippen LogP contribution in [-0.4, -0.2) is 47.0 Å². The molecule has 0 bridgehead atoms. The zero-order valence-corrected chi connectivity index (χ0v) is 13.8. The fourth-order valence-electron chi connectivity index (χ4n) is 2.59. The van der Waals surface area contributed by atoms with Crippen molar-refractivity contribution in [3.63, 3.8) is 0 Å². The molecule has 1 saturated heterocycles. The van der Waals surface area contributed by atoms with Crippen LogP contribution in [0.1, 0.15) is 16.1 Å². The number of rotatable bonds is 2. The van der Waals surface area contributed by atoms with Gasteiger partial charge in [-0.15, -0.1) is 0 Å². The Balaban J connectivity index is 1.67. The predicted octanol–water partition coefficient (Wildman–Crippen LogP) is 3.11. The Morgan fingerprint density at radius 1 is 1.12 bits per heavy atom. The first-order valence-electron chi connectivity index (χ1n) is 7.54. The molecule has 0 saturated carbocycles. The first-order valence-corrected chi connectivity index (χ1v) is 7.92. The van der Waals surface area contributed by atoms with Crippen molar-refractivity contribution in [3.05, 3.63) is 52.9 Å². The van der Waals surface area contributed by atoms with E-state index in [4.69, 9.17) is 11.6 Å². The van der Waals surface area contributed by atoms with Crippen molar-refractivity contribution in [1.29, 1.82) is 0 Å². The van der Waals surface area contributed by atoms with Crippen LogP contribution >= 0.6 is 11.6 Å². The molecule has 0 N–H and O–H groups in total. The minimum absolute atomic E-state index is 0.0562. The molecule has 1 aliphatic rings. The Labute approximate surface area is 147 Å². The fourth-order valence-corrected chi connectivity index (χ4v) is 2.88. The zero-order chi connectivity index (χ0) is 18.0. The molecule has 1 amide bonds. The van der Waals surface area contributed by atoms with E-state index in [-0.39, 0.29) is 10.9 Å². The van der Waals surface area contributed by atoms with Gasteiger partial charge in [-0.3, -0.25) is 9.78 Å². The number of hydrogen-bond donors (Lipinski definition) is 0. The highest BCUT2D eigenvalue weighted by molar-refractivity contribution is 6.33. The Morgan fingerprint density at radius 3 is 2.40 bits per heavy atom. The van der Waals surface area contributed by atoms with E-state index in [0.29, 0.717) is 37.7 Å². The van der Waals surface area contributed by atoms with Crippen molar-refractivity contribution < 1.29 is 18.0 Å². The molecule has 5 nitrogen and oxygen atoms in total. The maximum Gasteiger partial charge on any atom is 0.417 e. The molecular formula is C16H14ClF3N4O. The van der Waals surface area contributed by atoms with Gasteiger partial charge in [0.05, 0.1) is 10.6 Å². The van der Waals surface area contributed by atoms with E-state index in [1.807, 2.05) is 0 Å². The predicted molar refractivity (Wildman–Crippen MR) is 86.6 cm³/mol. The quantitative estimate of drug-likeness (QED) is 0.815. The van der Waals surface area contributed by atoms with Gasteiger partial charge in [0.15, 0.2) is 0 Å². The van der Waals surface area contributed by atoms with Crippen molar-refractivity contribution in [3.8, 4) is 0 Å². The largest absolute Gasteiger partial charge is 0.417 e. The number of hydrogen-bond acceptors (Lipinski definition) is 4. The second-order valence-corrected chi connectivity index (χ2v) is 5.93. The number of anilines is 1. The standard InChI is InChI=1S/C16H14ClF3N4O/c17-12-9-11(16(18,19)20)10-22-14(12)23-5-7-24(8-6-23)15(25)13-3-1-2-4-21-13/h1-4,9-10H,5-8H2. The van der Waals surface area contributed by atoms with Crippen molar-refractivity contribution in [2.75, 3.05) is 31.1 Å². The molecule has 25 heavy (non-hydrogen) atoms. The molecular weight excluding hydrogens is 357 g/mol. The lowest BCUT2D eigenvalue weighted by molar-refractivity contribution is -0.137. The second kappa shape index (κ2) is 6.87. The first kappa shape index (κ1) is 17.5. The van der Waals surface area contributed by atoms with Gasteiger partial charge in [0.2, 0.25) is 0 Å². The summed E-state index contributed by atoms with van der Waals surface area (Å²) >= 11 is 5.97. The summed E-state index contributed by atoms with van der Waals surface area (Å²) in [6.45, 7) is 1.68. The van der Waals surface area contributed by atoms with E-state index in [2.05, 4.69) is 9.97 Å². The topological polar surface area (TPSA) is 49.3 Å². The van der Waals surface area contributed by atoms with Gasteiger partial charge in [-0.2, -0.15) is 13.2 Å². The lowest BCUT2D eigenvalue weighted by Gasteiger charge is -2.35. The van der Waals surface area contributed by atoms with Crippen LogP contribution in [-0.2, 0) is 6.18 Å². The van der Waals surface area contributed by atoms with E-state index in [1.54, 1.807) is 34.2 Å². The summed E-state index contributed by atoms with van der Waals surface area (Å²) in [6, 6.07) is 5.98. The van der Waals surface area contributed by atoms with Crippen LogP contribution < -0.4 is 4.90 Å². The maximum atomic E-state index is 12.7. The molecule has 2 aromatic heterocycles. The van der Waals surface area contributed by atoms with Crippen molar-refractivity contribution in [2.24, 2.45) is 0 Å². The Hall–Kier alpha value is -2.35. The third-order valence-electron chi connectivity index (χ3n) is 3.90. The van der Waals surface area contributed by atoms with Crippen molar-refractivity contribution >= 4 is 23.3 Å². The molecule has 1 aliphatic heterocycles. The molecule has 2 aromatic rings. The van der Waals surface area contributed by atoms with Crippen LogP contribution in [0.5, 0.6) is 0 Å². The summed E-state index contributed by atoms with van der Waals surface area (Å²) in [5, 5.41) is -0.0562. The fraction of sp³-hybridized carbons (Fsp3) is 0.312. The summed E-state index contributed by atoms with van der Waals surface area (Å²) in [6.07, 6.45) is -2.16. The summed E-state index contributed by atoms with van der Waals surface area (Å²) in [7, 11) is 0. The average Bonchev–Trinajstić information content (AvgIpc) is 2.61. The Morgan fingerprint density at radius 2 is 1.84 bits per heavy atom. The lowest BCUT2D eigenvalue weighted by Crippen LogP contribution is -2.49. The molecule has 1 fully saturated rings. The summed E-state index contributed by atoms with van der Waals surface area (Å²) in [5.41, 5.74) is -0.521. The molecule has 9 heteroatoms. The molecule has 0 atom stereocenters. The second-order valence-electron chi connectivity index (χ2n) is 5.52. The third kappa shape index (κ3) is 3.84. The normalized spacial score (nSPS) is 15.4. The number of pyridine rings is 2. The van der Waals surface area contributed by atoms with Gasteiger partial charge in [0.1, 0.15) is 11.5 Å². The smallest absolute Gasteiger partial charge is 0.352 e. The van der Waals surface area contributed by atoms with Crippen LogP contribution in [0.15, 0.2) is 36.7 Å². The SMILES string of the molecule is O=C(c1ccccn1)N1CCN(c2ncc(C(F)(F)F)cc2Cl)CC1. The number of aromatic nitrogens is 2. The van der Waals surface area contributed by atoms with Gasteiger partial charge in [0.25, 0.3) is 5.91 Å². The van der Waals surface area contributed by atoms with Crippen molar-refractivity contribution in [1.82, 2.24) is 14.9 Å². The third-order valence-corrected chi connectivity index (χ3v) is 4.18. The van der Waals surface area contributed by atoms with Crippen LogP contribution in [0.2, 0.25) is 5.02 Å². The highest BCUT2D eigenvalue weighted by atomic mass is 35.5. The molecule has 0 unspecified atom stereocenters. The zero-order valence-electron chi connectivity index (χ0n) is 13.0. The maximum absolute atomic E-state index is 12.7. The average molecular weight is 371 g/mol. The van der Waals surface area contributed by atoms with Crippen LogP contribution in [0, 0.1) is 0 Å². The minimum Gasteiger partial charge on any atom is -0.352 e. The van der Waals surface area contributed by atoms with E-state index in [9.17, 15) is 18.0 Å². The Bertz CT molecular complexity index is 762. The van der Waals surface area contributed by atoms with Gasteiger partial charge < -0.3 is 9.80 Å². The molecule has 0 aromatic carbocycles. The molecule has 0 aliphatic carbocycles. The van der Waals surface area contributed by atoms with Gasteiger partial charge in [-0.05, 0) is 18.2 Å². The highest BCUT2D eigenvalue weighted by Crippen LogP contribution is 2.33. The van der Waals surface area contributed by atoms with Crippen LogP contribution in [0.4, 0.5) is 19.0 Å². The summed E-state index contributed by atoms with van der Waals surface area (Å²) in [5.74, 6) is 0.117. The first-order chi connectivity index (χ1) is 11.9. The number of carbonyl (C=O) groups is 1. The van der Waals surface area contributed by atoms with E-state index in [0.717, 1.165) is 12.3 Å². The molecule has 0 radical (unpaired) electrons. The van der Waals surface area contributed by atoms with Gasteiger partial charge in [-0.1, -0.05) is 17.7 Å². The highest BCUT2D eigenvalue weighted by Gasteiger charge is 2.32. The van der Waals surface area contributed by atoms with Gasteiger partial charge in [0, 0.05) is 38.6 Å². The van der Waals surface area contributed by atoms with Gasteiger partial charge in [-0.25, -0.2) is 4.98 Å². The van der Waals surface area contributed by atoms with E-state index in [1.165, 1.54) is 0 Å². The van der Waals surface area contributed by atoms with Gasteiger partial charge >= 0.3 is 6.18 Å². The lowest BCUT2D eigenvalue weighted by atomic mass is 10.2. The van der Waals surface area contributed by atoms with Crippen LogP contribution in [0.25, 0.3) is 0 Å². The molecule has 3 heterocycles. The number of amides is 1. The number of carbonyl (C=O) groups excluding carboxylic acids is 1. The summed E-state index contributed by atoms with van der Waals surface area (Å²) in [4.78, 5) is 23.6. The number of nitrogens with zero attached hydrogens (tertiary/aromatic N) is 4. The molecule has 132 valence electrons. The number of piperazine rings is 1. The monoisotopic (exact) mass is 370 g/mol. The summed E-state index contributed by atoms with van der Waals surface area (Å²) < 4.78 is 38.0. The molecule has 0 spiro atoms. The minimum atomic E-state index is -4.48. The number of halogens is 4. The Kier molecular flexibility index (Phi) is 4.80. The molecule has 3 rings (SSSR count). The van der Waals surface area contributed by atoms with E-state index >= 15 is 0 Å². The van der Waals surface area contributed by atoms with Crippen LogP contribution in [0.3, 0.4) is 0 Å².